The molecular formula is C28H36N2O5. The highest BCUT2D eigenvalue weighted by molar-refractivity contribution is 5.91. The van der Waals surface area contributed by atoms with Crippen molar-refractivity contribution in [1.82, 2.24) is 10.6 Å². The molecular weight excluding hydrogens is 444 g/mol. The van der Waals surface area contributed by atoms with Crippen LogP contribution < -0.4 is 10.6 Å². The number of amides is 2. The van der Waals surface area contributed by atoms with Gasteiger partial charge in [0.25, 0.3) is 0 Å². The summed E-state index contributed by atoms with van der Waals surface area (Å²) in [5.74, 6) is -1.74. The van der Waals surface area contributed by atoms with Crippen LogP contribution in [0, 0.1) is 5.41 Å². The molecule has 3 rings (SSSR count). The first-order valence-electron chi connectivity index (χ1n) is 12.1. The number of carbonyl (C=O) groups is 3. The number of benzene rings is 2. The molecule has 0 radical (unpaired) electrons. The molecule has 35 heavy (non-hydrogen) atoms. The maximum Gasteiger partial charge on any atom is 0.407 e. The van der Waals surface area contributed by atoms with Crippen molar-refractivity contribution in [1.29, 1.82) is 0 Å². The highest BCUT2D eigenvalue weighted by Gasteiger charge is 2.37. The fraction of sp³-hybridized carbons (Fsp3) is 0.464. The van der Waals surface area contributed by atoms with Gasteiger partial charge in [-0.15, -0.1) is 0 Å². The Labute approximate surface area is 207 Å². The van der Waals surface area contributed by atoms with E-state index < -0.39 is 29.6 Å². The lowest BCUT2D eigenvalue weighted by Crippen LogP contribution is -2.58. The summed E-state index contributed by atoms with van der Waals surface area (Å²) in [5.41, 5.74) is 2.76. The summed E-state index contributed by atoms with van der Waals surface area (Å²) in [4.78, 5) is 37.7. The minimum absolute atomic E-state index is 0.0945. The number of aliphatic carboxylic acids is 1. The van der Waals surface area contributed by atoms with E-state index in [1.54, 1.807) is 0 Å². The molecule has 0 aliphatic heterocycles. The zero-order valence-corrected chi connectivity index (χ0v) is 21.2. The van der Waals surface area contributed by atoms with Crippen LogP contribution in [0.25, 0.3) is 11.1 Å². The molecule has 188 valence electrons. The van der Waals surface area contributed by atoms with E-state index in [-0.39, 0.29) is 24.4 Å². The number of alkyl carbamates (subject to hydrolysis) is 1. The van der Waals surface area contributed by atoms with Crippen LogP contribution in [0.4, 0.5) is 4.79 Å². The quantitative estimate of drug-likeness (QED) is 0.464. The van der Waals surface area contributed by atoms with Crippen LogP contribution in [0.15, 0.2) is 48.5 Å². The highest BCUT2D eigenvalue weighted by atomic mass is 16.5. The predicted molar refractivity (Wildman–Crippen MR) is 135 cm³/mol. The van der Waals surface area contributed by atoms with Crippen molar-refractivity contribution < 1.29 is 24.2 Å². The molecule has 2 aromatic carbocycles. The van der Waals surface area contributed by atoms with Gasteiger partial charge in [-0.3, -0.25) is 4.79 Å². The van der Waals surface area contributed by atoms with Crippen molar-refractivity contribution in [2.24, 2.45) is 5.41 Å². The highest BCUT2D eigenvalue weighted by Crippen LogP contribution is 2.44. The molecule has 0 saturated heterocycles. The fourth-order valence-corrected chi connectivity index (χ4v) is 4.69. The summed E-state index contributed by atoms with van der Waals surface area (Å²) in [7, 11) is 0. The van der Waals surface area contributed by atoms with Crippen LogP contribution in [-0.2, 0) is 14.3 Å². The first kappa shape index (κ1) is 26.3. The average molecular weight is 481 g/mol. The molecule has 0 saturated carbocycles. The Hall–Kier alpha value is -3.35. The van der Waals surface area contributed by atoms with Crippen molar-refractivity contribution in [3.63, 3.8) is 0 Å². The van der Waals surface area contributed by atoms with E-state index in [0.29, 0.717) is 12.8 Å². The molecule has 0 heterocycles. The molecule has 0 aromatic heterocycles. The maximum absolute atomic E-state index is 13.1. The first-order chi connectivity index (χ1) is 16.4. The van der Waals surface area contributed by atoms with E-state index in [9.17, 15) is 19.5 Å². The van der Waals surface area contributed by atoms with Crippen LogP contribution >= 0.6 is 0 Å². The zero-order chi connectivity index (χ0) is 25.8. The molecule has 0 spiro atoms. The molecule has 0 bridgehead atoms. The lowest BCUT2D eigenvalue weighted by molar-refractivity contribution is -0.147. The van der Waals surface area contributed by atoms with Gasteiger partial charge in [0, 0.05) is 5.92 Å². The number of rotatable bonds is 9. The molecule has 1 aliphatic rings. The zero-order valence-electron chi connectivity index (χ0n) is 21.2. The Morgan fingerprint density at radius 1 is 0.971 bits per heavy atom. The number of hydrogen-bond donors (Lipinski definition) is 3. The molecule has 7 heteroatoms. The second kappa shape index (κ2) is 10.5. The normalized spacial score (nSPS) is 15.3. The van der Waals surface area contributed by atoms with E-state index in [2.05, 4.69) is 22.8 Å². The number of nitrogens with one attached hydrogen (secondary N) is 2. The Morgan fingerprint density at radius 2 is 1.51 bits per heavy atom. The average Bonchev–Trinajstić information content (AvgIpc) is 3.10. The molecule has 0 fully saturated rings. The van der Waals surface area contributed by atoms with Gasteiger partial charge in [0.1, 0.15) is 18.2 Å². The van der Waals surface area contributed by atoms with Crippen molar-refractivity contribution >= 4 is 18.0 Å². The van der Waals surface area contributed by atoms with Crippen molar-refractivity contribution in [2.75, 3.05) is 6.61 Å². The minimum Gasteiger partial charge on any atom is -0.480 e. The lowest BCUT2D eigenvalue weighted by Gasteiger charge is -2.31. The molecule has 7 nitrogen and oxygen atoms in total. The van der Waals surface area contributed by atoms with Crippen LogP contribution in [0.3, 0.4) is 0 Å². The van der Waals surface area contributed by atoms with Crippen molar-refractivity contribution in [3.05, 3.63) is 59.7 Å². The molecule has 1 aliphatic carbocycles. The second-order valence-corrected chi connectivity index (χ2v) is 10.7. The van der Waals surface area contributed by atoms with Crippen LogP contribution in [0.5, 0.6) is 0 Å². The van der Waals surface area contributed by atoms with E-state index >= 15 is 0 Å². The third kappa shape index (κ3) is 6.21. The molecule has 2 aromatic rings. The SMILES string of the molecule is CCCC(C)(NC(=O)C(CC(C)(C)C)NC(=O)OCC1c2ccccc2-c2ccccc21)C(=O)O. The Kier molecular flexibility index (Phi) is 7.88. The number of hydrogen-bond acceptors (Lipinski definition) is 4. The predicted octanol–water partition coefficient (Wildman–Crippen LogP) is 5.09. The van der Waals surface area contributed by atoms with Crippen LogP contribution in [0.1, 0.15) is 70.9 Å². The summed E-state index contributed by atoms with van der Waals surface area (Å²) >= 11 is 0. The van der Waals surface area contributed by atoms with E-state index in [4.69, 9.17) is 4.74 Å². The van der Waals surface area contributed by atoms with Crippen molar-refractivity contribution in [2.45, 2.75) is 71.4 Å². The van der Waals surface area contributed by atoms with Crippen LogP contribution in [0.2, 0.25) is 0 Å². The smallest absolute Gasteiger partial charge is 0.407 e. The molecule has 2 unspecified atom stereocenters. The van der Waals surface area contributed by atoms with Gasteiger partial charge in [0.15, 0.2) is 0 Å². The molecule has 3 N–H and O–H groups in total. The van der Waals surface area contributed by atoms with E-state index in [1.807, 2.05) is 64.1 Å². The Morgan fingerprint density at radius 3 is 2.00 bits per heavy atom. The maximum atomic E-state index is 13.1. The topological polar surface area (TPSA) is 105 Å². The standard InChI is InChI=1S/C28H36N2O5/c1-6-15-28(5,25(32)33)30-24(31)23(16-27(2,3)4)29-26(34)35-17-22-20-13-9-7-11-18(20)19-12-8-10-14-21(19)22/h7-14,22-23H,6,15-17H2,1-5H3,(H,29,34)(H,30,31)(H,32,33). The summed E-state index contributed by atoms with van der Waals surface area (Å²) in [5, 5.41) is 15.0. The van der Waals surface area contributed by atoms with Gasteiger partial charge in [-0.25, -0.2) is 9.59 Å². The summed E-state index contributed by atoms with van der Waals surface area (Å²) in [6, 6.07) is 15.2. The number of carboxylic acid groups (broad SMARTS) is 1. The summed E-state index contributed by atoms with van der Waals surface area (Å²) in [6.07, 6.45) is 0.489. The lowest BCUT2D eigenvalue weighted by atomic mass is 9.87. The Bertz CT molecular complexity index is 1050. The van der Waals surface area contributed by atoms with Gasteiger partial charge in [-0.2, -0.15) is 0 Å². The van der Waals surface area contributed by atoms with Gasteiger partial charge in [0.2, 0.25) is 5.91 Å². The molecule has 2 amide bonds. The van der Waals surface area contributed by atoms with Gasteiger partial charge >= 0.3 is 12.1 Å². The third-order valence-corrected chi connectivity index (χ3v) is 6.39. The number of fused-ring (bicyclic) bond motifs is 3. The summed E-state index contributed by atoms with van der Waals surface area (Å²) < 4.78 is 5.61. The fourth-order valence-electron chi connectivity index (χ4n) is 4.69. The largest absolute Gasteiger partial charge is 0.480 e. The van der Waals surface area contributed by atoms with Gasteiger partial charge < -0.3 is 20.5 Å². The minimum atomic E-state index is -1.41. The number of carboxylic acids is 1. The summed E-state index contributed by atoms with van der Waals surface area (Å²) in [6.45, 7) is 9.33. The Balaban J connectivity index is 1.72. The molecule has 2 atom stereocenters. The second-order valence-electron chi connectivity index (χ2n) is 10.7. The third-order valence-electron chi connectivity index (χ3n) is 6.39. The van der Waals surface area contributed by atoms with Gasteiger partial charge in [0.05, 0.1) is 0 Å². The number of ether oxygens (including phenoxy) is 1. The van der Waals surface area contributed by atoms with Gasteiger partial charge in [-0.1, -0.05) is 82.6 Å². The first-order valence-corrected chi connectivity index (χ1v) is 12.1. The van der Waals surface area contributed by atoms with Gasteiger partial charge in [-0.05, 0) is 47.4 Å². The number of carbonyl (C=O) groups excluding carboxylic acids is 2. The van der Waals surface area contributed by atoms with E-state index in [1.165, 1.54) is 6.92 Å². The van der Waals surface area contributed by atoms with E-state index in [0.717, 1.165) is 22.3 Å². The van der Waals surface area contributed by atoms with Crippen molar-refractivity contribution in [3.8, 4) is 11.1 Å². The van der Waals surface area contributed by atoms with Crippen LogP contribution in [-0.4, -0.2) is 41.3 Å². The monoisotopic (exact) mass is 480 g/mol.